The van der Waals surface area contributed by atoms with E-state index in [-0.39, 0.29) is 12.4 Å². The Balaban J connectivity index is 0.00000144. The maximum Gasteiger partial charge on any atom is 0.115 e. The Morgan fingerprint density at radius 2 is 1.86 bits per heavy atom. The van der Waals surface area contributed by atoms with Gasteiger partial charge in [-0.3, -0.25) is 4.90 Å². The number of hydrogen-bond acceptors (Lipinski definition) is 2. The first-order valence-electron chi connectivity index (χ1n) is 7.86. The Morgan fingerprint density at radius 3 is 2.68 bits per heavy atom. The SMILES string of the molecule is Cl.Oc1ccc2c(c1)CC1CC2CN(Cc2ccccc2)C1. The number of phenolic OH excluding ortho intramolecular Hbond substituents is 1. The van der Waals surface area contributed by atoms with Crippen molar-refractivity contribution in [1.82, 2.24) is 4.90 Å². The number of nitrogens with zero attached hydrogens (tertiary/aromatic N) is 1. The summed E-state index contributed by atoms with van der Waals surface area (Å²) in [6.07, 6.45) is 2.43. The molecular formula is C19H22ClNO. The van der Waals surface area contributed by atoms with Crippen molar-refractivity contribution in [2.75, 3.05) is 13.1 Å². The largest absolute Gasteiger partial charge is 0.508 e. The number of phenols is 1. The van der Waals surface area contributed by atoms with Gasteiger partial charge in [0.2, 0.25) is 0 Å². The molecule has 22 heavy (non-hydrogen) atoms. The fraction of sp³-hybridized carbons (Fsp3) is 0.368. The van der Waals surface area contributed by atoms with E-state index in [0.29, 0.717) is 11.7 Å². The molecule has 3 heteroatoms. The highest BCUT2D eigenvalue weighted by Gasteiger charge is 2.33. The van der Waals surface area contributed by atoms with Crippen LogP contribution in [0.25, 0.3) is 0 Å². The minimum absolute atomic E-state index is 0. The van der Waals surface area contributed by atoms with Crippen LogP contribution in [0.5, 0.6) is 5.75 Å². The predicted octanol–water partition coefficient (Wildman–Crippen LogP) is 3.98. The first-order chi connectivity index (χ1) is 10.3. The Morgan fingerprint density at radius 1 is 1.05 bits per heavy atom. The summed E-state index contributed by atoms with van der Waals surface area (Å²) in [6, 6.07) is 16.7. The number of likely N-dealkylation sites (tertiary alicyclic amines) is 1. The van der Waals surface area contributed by atoms with Crippen LogP contribution >= 0.6 is 12.4 Å². The van der Waals surface area contributed by atoms with Gasteiger partial charge in [0.15, 0.2) is 0 Å². The van der Waals surface area contributed by atoms with Gasteiger partial charge in [0.25, 0.3) is 0 Å². The zero-order valence-corrected chi connectivity index (χ0v) is 13.4. The fourth-order valence-electron chi connectivity index (χ4n) is 4.12. The molecule has 2 atom stereocenters. The number of hydrogen-bond donors (Lipinski definition) is 1. The third-order valence-corrected chi connectivity index (χ3v) is 4.94. The van der Waals surface area contributed by atoms with Gasteiger partial charge in [-0.2, -0.15) is 0 Å². The molecule has 0 aromatic heterocycles. The molecule has 0 saturated carbocycles. The Bertz CT molecular complexity index is 643. The lowest BCUT2D eigenvalue weighted by molar-refractivity contribution is 0.138. The van der Waals surface area contributed by atoms with E-state index < -0.39 is 0 Å². The third-order valence-electron chi connectivity index (χ3n) is 4.94. The second-order valence-electron chi connectivity index (χ2n) is 6.57. The lowest BCUT2D eigenvalue weighted by atomic mass is 9.74. The second-order valence-corrected chi connectivity index (χ2v) is 6.57. The Kier molecular flexibility index (Phi) is 4.42. The summed E-state index contributed by atoms with van der Waals surface area (Å²) < 4.78 is 0. The van der Waals surface area contributed by atoms with E-state index in [2.05, 4.69) is 41.3 Å². The Labute approximate surface area is 138 Å². The van der Waals surface area contributed by atoms with E-state index in [9.17, 15) is 5.11 Å². The van der Waals surface area contributed by atoms with Crippen LogP contribution in [-0.2, 0) is 13.0 Å². The molecule has 1 fully saturated rings. The van der Waals surface area contributed by atoms with Crippen LogP contribution in [0.4, 0.5) is 0 Å². The third kappa shape index (κ3) is 2.99. The van der Waals surface area contributed by atoms with Crippen LogP contribution in [0.1, 0.15) is 29.0 Å². The normalized spacial score (nSPS) is 23.5. The number of halogens is 1. The Hall–Kier alpha value is -1.51. The number of piperidine rings is 1. The molecule has 0 amide bonds. The molecule has 2 aromatic carbocycles. The first kappa shape index (κ1) is 15.4. The van der Waals surface area contributed by atoms with E-state index in [1.54, 1.807) is 0 Å². The maximum absolute atomic E-state index is 9.69. The van der Waals surface area contributed by atoms with E-state index in [4.69, 9.17) is 0 Å². The highest BCUT2D eigenvalue weighted by Crippen LogP contribution is 2.40. The standard InChI is InChI=1S/C19H21NO.ClH/c21-18-6-7-19-16(10-18)8-15-9-17(19)13-20(12-15)11-14-4-2-1-3-5-14;/h1-7,10,15,17,21H,8-9,11-13H2;1H. The van der Waals surface area contributed by atoms with Crippen LogP contribution < -0.4 is 0 Å². The van der Waals surface area contributed by atoms with E-state index >= 15 is 0 Å². The summed E-state index contributed by atoms with van der Waals surface area (Å²) in [5, 5.41) is 9.69. The zero-order valence-electron chi connectivity index (χ0n) is 12.6. The van der Waals surface area contributed by atoms with Crippen molar-refractivity contribution in [3.05, 3.63) is 65.2 Å². The number of rotatable bonds is 2. The van der Waals surface area contributed by atoms with Gasteiger partial charge in [0, 0.05) is 19.6 Å². The lowest BCUT2D eigenvalue weighted by Gasteiger charge is -2.42. The summed E-state index contributed by atoms with van der Waals surface area (Å²) >= 11 is 0. The van der Waals surface area contributed by atoms with Crippen LogP contribution in [0.15, 0.2) is 48.5 Å². The summed E-state index contributed by atoms with van der Waals surface area (Å²) in [5.74, 6) is 1.79. The van der Waals surface area contributed by atoms with Gasteiger partial charge < -0.3 is 5.11 Å². The van der Waals surface area contributed by atoms with Gasteiger partial charge in [0.05, 0.1) is 0 Å². The van der Waals surface area contributed by atoms with Crippen molar-refractivity contribution >= 4 is 12.4 Å². The summed E-state index contributed by atoms with van der Waals surface area (Å²) in [4.78, 5) is 2.60. The van der Waals surface area contributed by atoms with Crippen LogP contribution in [0.3, 0.4) is 0 Å². The number of fused-ring (bicyclic) bond motifs is 4. The average molecular weight is 316 g/mol. The monoisotopic (exact) mass is 315 g/mol. The topological polar surface area (TPSA) is 23.5 Å². The van der Waals surface area contributed by atoms with Crippen molar-refractivity contribution in [1.29, 1.82) is 0 Å². The minimum Gasteiger partial charge on any atom is -0.508 e. The van der Waals surface area contributed by atoms with Crippen LogP contribution in [0.2, 0.25) is 0 Å². The second kappa shape index (κ2) is 6.31. The van der Waals surface area contributed by atoms with Gasteiger partial charge in [-0.25, -0.2) is 0 Å². The highest BCUT2D eigenvalue weighted by atomic mass is 35.5. The predicted molar refractivity (Wildman–Crippen MR) is 91.6 cm³/mol. The van der Waals surface area contributed by atoms with Crippen molar-refractivity contribution in [2.45, 2.75) is 25.3 Å². The molecule has 2 nitrogen and oxygen atoms in total. The van der Waals surface area contributed by atoms with Gasteiger partial charge in [-0.1, -0.05) is 36.4 Å². The van der Waals surface area contributed by atoms with Gasteiger partial charge in [-0.15, -0.1) is 12.4 Å². The van der Waals surface area contributed by atoms with Gasteiger partial charge in [0.1, 0.15) is 5.75 Å². The van der Waals surface area contributed by atoms with Crippen molar-refractivity contribution in [2.24, 2.45) is 5.92 Å². The smallest absolute Gasteiger partial charge is 0.115 e. The minimum atomic E-state index is 0. The summed E-state index contributed by atoms with van der Waals surface area (Å²) in [5.41, 5.74) is 4.24. The van der Waals surface area contributed by atoms with Gasteiger partial charge >= 0.3 is 0 Å². The molecule has 1 saturated heterocycles. The van der Waals surface area contributed by atoms with Crippen LogP contribution in [0, 0.1) is 5.92 Å². The molecule has 116 valence electrons. The average Bonchev–Trinajstić information content (AvgIpc) is 2.47. The highest BCUT2D eigenvalue weighted by molar-refractivity contribution is 5.85. The molecule has 2 aliphatic rings. The molecule has 4 rings (SSSR count). The molecule has 1 N–H and O–H groups in total. The molecule has 1 heterocycles. The lowest BCUT2D eigenvalue weighted by Crippen LogP contribution is -2.42. The molecule has 0 radical (unpaired) electrons. The molecule has 2 bridgehead atoms. The molecule has 2 unspecified atom stereocenters. The van der Waals surface area contributed by atoms with E-state index in [1.807, 2.05) is 12.1 Å². The molecule has 2 aromatic rings. The first-order valence-corrected chi connectivity index (χ1v) is 7.86. The van der Waals surface area contributed by atoms with Crippen LogP contribution in [-0.4, -0.2) is 23.1 Å². The van der Waals surface area contributed by atoms with E-state index in [1.165, 1.54) is 29.7 Å². The fourth-order valence-corrected chi connectivity index (χ4v) is 4.12. The van der Waals surface area contributed by atoms with Gasteiger partial charge in [-0.05, 0) is 53.5 Å². The van der Waals surface area contributed by atoms with E-state index in [0.717, 1.165) is 25.4 Å². The zero-order chi connectivity index (χ0) is 14.2. The van der Waals surface area contributed by atoms with Crippen molar-refractivity contribution in [3.8, 4) is 5.75 Å². The van der Waals surface area contributed by atoms with Crippen molar-refractivity contribution < 1.29 is 5.11 Å². The maximum atomic E-state index is 9.69. The molecular weight excluding hydrogens is 294 g/mol. The molecule has 0 spiro atoms. The number of benzene rings is 2. The van der Waals surface area contributed by atoms with Crippen molar-refractivity contribution in [3.63, 3.8) is 0 Å². The summed E-state index contributed by atoms with van der Waals surface area (Å²) in [6.45, 7) is 3.38. The summed E-state index contributed by atoms with van der Waals surface area (Å²) in [7, 11) is 0. The molecule has 1 aliphatic carbocycles. The quantitative estimate of drug-likeness (QED) is 0.906. The molecule has 1 aliphatic heterocycles. The number of aromatic hydroxyl groups is 1.